The Morgan fingerprint density at radius 1 is 1.64 bits per heavy atom. The van der Waals surface area contributed by atoms with Crippen LogP contribution >= 0.6 is 0 Å². The molecule has 0 aromatic carbocycles. The van der Waals surface area contributed by atoms with Crippen molar-refractivity contribution in [1.82, 2.24) is 0 Å². The van der Waals surface area contributed by atoms with Gasteiger partial charge in [0.1, 0.15) is 0 Å². The molecule has 0 aromatic heterocycles. The van der Waals surface area contributed by atoms with Crippen molar-refractivity contribution in [2.45, 2.75) is 33.6 Å². The molecule has 1 aliphatic carbocycles. The third-order valence-electron chi connectivity index (χ3n) is 2.59. The molecule has 0 heterocycles. The van der Waals surface area contributed by atoms with Crippen LogP contribution in [0.1, 0.15) is 33.6 Å². The van der Waals surface area contributed by atoms with Crippen LogP contribution < -0.4 is 0 Å². The average molecular weight is 154 g/mol. The maximum absolute atomic E-state index is 8.96. The Bertz CT molecular complexity index is 168. The van der Waals surface area contributed by atoms with Crippen molar-refractivity contribution in [3.05, 3.63) is 11.6 Å². The van der Waals surface area contributed by atoms with Crippen LogP contribution in [0.15, 0.2) is 11.6 Å². The molecule has 0 aliphatic heterocycles. The highest BCUT2D eigenvalue weighted by molar-refractivity contribution is 5.12. The maximum atomic E-state index is 8.96. The average Bonchev–Trinajstić information content (AvgIpc) is 1.86. The first kappa shape index (κ1) is 8.79. The van der Waals surface area contributed by atoms with E-state index in [1.165, 1.54) is 12.0 Å². The Morgan fingerprint density at radius 2 is 2.27 bits per heavy atom. The van der Waals surface area contributed by atoms with Gasteiger partial charge in [0.2, 0.25) is 0 Å². The van der Waals surface area contributed by atoms with Crippen molar-refractivity contribution in [2.75, 3.05) is 6.61 Å². The Balaban J connectivity index is 2.68. The van der Waals surface area contributed by atoms with Gasteiger partial charge in [0.15, 0.2) is 0 Å². The van der Waals surface area contributed by atoms with Gasteiger partial charge in [0.25, 0.3) is 0 Å². The van der Waals surface area contributed by atoms with E-state index in [0.29, 0.717) is 11.3 Å². The summed E-state index contributed by atoms with van der Waals surface area (Å²) in [6.07, 6.45) is 4.53. The maximum Gasteiger partial charge on any atom is 0.0644 e. The fourth-order valence-corrected chi connectivity index (χ4v) is 1.87. The molecule has 0 radical (unpaired) electrons. The van der Waals surface area contributed by atoms with Crippen molar-refractivity contribution < 1.29 is 5.11 Å². The van der Waals surface area contributed by atoms with Gasteiger partial charge >= 0.3 is 0 Å². The zero-order valence-electron chi connectivity index (χ0n) is 7.72. The van der Waals surface area contributed by atoms with Crippen molar-refractivity contribution >= 4 is 0 Å². The van der Waals surface area contributed by atoms with Gasteiger partial charge in [-0.2, -0.15) is 0 Å². The summed E-state index contributed by atoms with van der Waals surface area (Å²) in [4.78, 5) is 0. The Hall–Kier alpha value is -0.300. The molecule has 0 fully saturated rings. The lowest BCUT2D eigenvalue weighted by Gasteiger charge is -2.32. The van der Waals surface area contributed by atoms with Gasteiger partial charge in [-0.3, -0.25) is 0 Å². The largest absolute Gasteiger partial charge is 0.392 e. The molecular formula is C10H18O. The minimum Gasteiger partial charge on any atom is -0.392 e. The first-order chi connectivity index (χ1) is 5.05. The Labute approximate surface area is 69.1 Å². The second-order valence-electron chi connectivity index (χ2n) is 4.41. The molecule has 1 rings (SSSR count). The normalized spacial score (nSPS) is 29.8. The fraction of sp³-hybridized carbons (Fsp3) is 0.800. The highest BCUT2D eigenvalue weighted by Crippen LogP contribution is 2.37. The van der Waals surface area contributed by atoms with Crippen LogP contribution in [0.2, 0.25) is 0 Å². The van der Waals surface area contributed by atoms with Crippen molar-refractivity contribution in [1.29, 1.82) is 0 Å². The fourth-order valence-electron chi connectivity index (χ4n) is 1.87. The zero-order valence-corrected chi connectivity index (χ0v) is 7.72. The minimum absolute atomic E-state index is 0.247. The lowest BCUT2D eigenvalue weighted by Crippen LogP contribution is -2.22. The third-order valence-corrected chi connectivity index (χ3v) is 2.59. The standard InChI is InChI=1S/C10H18O/c1-8-6-10(2,3)5-4-9(8)7-11/h4,8,11H,5-7H2,1-3H3. The summed E-state index contributed by atoms with van der Waals surface area (Å²) in [5.41, 5.74) is 1.67. The number of rotatable bonds is 1. The number of hydrogen-bond donors (Lipinski definition) is 1. The first-order valence-corrected chi connectivity index (χ1v) is 4.35. The molecule has 1 nitrogen and oxygen atoms in total. The van der Waals surface area contributed by atoms with Gasteiger partial charge in [0.05, 0.1) is 6.61 Å². The van der Waals surface area contributed by atoms with E-state index in [2.05, 4.69) is 26.8 Å². The predicted octanol–water partition coefficient (Wildman–Crippen LogP) is 2.36. The van der Waals surface area contributed by atoms with E-state index in [0.717, 1.165) is 6.42 Å². The third kappa shape index (κ3) is 2.06. The van der Waals surface area contributed by atoms with Crippen molar-refractivity contribution in [3.8, 4) is 0 Å². The molecule has 1 aliphatic rings. The topological polar surface area (TPSA) is 20.2 Å². The Morgan fingerprint density at radius 3 is 2.73 bits per heavy atom. The molecule has 0 bridgehead atoms. The Kier molecular flexibility index (Phi) is 2.38. The molecule has 0 saturated heterocycles. The zero-order chi connectivity index (χ0) is 8.48. The van der Waals surface area contributed by atoms with Crippen LogP contribution in [-0.2, 0) is 0 Å². The van der Waals surface area contributed by atoms with E-state index in [1.54, 1.807) is 0 Å². The molecule has 0 saturated carbocycles. The van der Waals surface area contributed by atoms with Gasteiger partial charge in [-0.1, -0.05) is 26.8 Å². The summed E-state index contributed by atoms with van der Waals surface area (Å²) in [6.45, 7) is 7.02. The highest BCUT2D eigenvalue weighted by Gasteiger charge is 2.25. The molecule has 11 heavy (non-hydrogen) atoms. The van der Waals surface area contributed by atoms with Gasteiger partial charge in [-0.05, 0) is 29.7 Å². The molecule has 1 N–H and O–H groups in total. The molecule has 0 spiro atoms. The van der Waals surface area contributed by atoms with Crippen LogP contribution in [0.5, 0.6) is 0 Å². The van der Waals surface area contributed by atoms with E-state index in [-0.39, 0.29) is 6.61 Å². The summed E-state index contributed by atoms with van der Waals surface area (Å²) in [5.74, 6) is 0.573. The number of aliphatic hydroxyl groups excluding tert-OH is 1. The summed E-state index contributed by atoms with van der Waals surface area (Å²) < 4.78 is 0. The van der Waals surface area contributed by atoms with Gasteiger partial charge in [-0.25, -0.2) is 0 Å². The molecular weight excluding hydrogens is 136 g/mol. The van der Waals surface area contributed by atoms with Gasteiger partial charge in [-0.15, -0.1) is 0 Å². The quantitative estimate of drug-likeness (QED) is 0.575. The molecule has 1 heteroatoms. The summed E-state index contributed by atoms with van der Waals surface area (Å²) in [7, 11) is 0. The molecule has 64 valence electrons. The monoisotopic (exact) mass is 154 g/mol. The van der Waals surface area contributed by atoms with Crippen LogP contribution in [0, 0.1) is 11.3 Å². The van der Waals surface area contributed by atoms with Gasteiger partial charge < -0.3 is 5.11 Å². The van der Waals surface area contributed by atoms with Crippen molar-refractivity contribution in [3.63, 3.8) is 0 Å². The molecule has 1 atom stereocenters. The summed E-state index contributed by atoms with van der Waals surface area (Å²) in [5, 5.41) is 8.96. The second-order valence-corrected chi connectivity index (χ2v) is 4.41. The first-order valence-electron chi connectivity index (χ1n) is 4.35. The second kappa shape index (κ2) is 2.98. The highest BCUT2D eigenvalue weighted by atomic mass is 16.3. The number of hydrogen-bond acceptors (Lipinski definition) is 1. The van der Waals surface area contributed by atoms with E-state index in [9.17, 15) is 0 Å². The smallest absolute Gasteiger partial charge is 0.0644 e. The summed E-state index contributed by atoms with van der Waals surface area (Å²) >= 11 is 0. The van der Waals surface area contributed by atoms with E-state index >= 15 is 0 Å². The van der Waals surface area contributed by atoms with Crippen LogP contribution in [0.25, 0.3) is 0 Å². The number of aliphatic hydroxyl groups is 1. The predicted molar refractivity (Wildman–Crippen MR) is 47.3 cm³/mol. The van der Waals surface area contributed by atoms with E-state index < -0.39 is 0 Å². The molecule has 1 unspecified atom stereocenters. The molecule has 0 aromatic rings. The lowest BCUT2D eigenvalue weighted by atomic mass is 9.73. The minimum atomic E-state index is 0.247. The van der Waals surface area contributed by atoms with Crippen LogP contribution in [-0.4, -0.2) is 11.7 Å². The van der Waals surface area contributed by atoms with Crippen molar-refractivity contribution in [2.24, 2.45) is 11.3 Å². The van der Waals surface area contributed by atoms with Crippen LogP contribution in [0.4, 0.5) is 0 Å². The van der Waals surface area contributed by atoms with Gasteiger partial charge in [0, 0.05) is 0 Å². The van der Waals surface area contributed by atoms with E-state index in [4.69, 9.17) is 5.11 Å². The summed E-state index contributed by atoms with van der Waals surface area (Å²) in [6, 6.07) is 0. The molecule has 0 amide bonds. The van der Waals surface area contributed by atoms with Crippen LogP contribution in [0.3, 0.4) is 0 Å². The van der Waals surface area contributed by atoms with E-state index in [1.807, 2.05) is 0 Å². The lowest BCUT2D eigenvalue weighted by molar-refractivity contribution is 0.247. The SMILES string of the molecule is CC1CC(C)(C)CC=C1CO. The number of allylic oxidation sites excluding steroid dienone is 1.